The maximum Gasteiger partial charge on any atom is 0.121 e. The quantitative estimate of drug-likeness (QED) is 0.797. The van der Waals surface area contributed by atoms with Crippen LogP contribution in [0.4, 0.5) is 0 Å². The van der Waals surface area contributed by atoms with Gasteiger partial charge in [0, 0.05) is 0 Å². The van der Waals surface area contributed by atoms with Crippen LogP contribution in [0.15, 0.2) is 24.3 Å². The normalized spacial score (nSPS) is 16.9. The van der Waals surface area contributed by atoms with Crippen molar-refractivity contribution < 1.29 is 14.9 Å². The molecule has 1 aromatic rings. The maximum atomic E-state index is 9.39. The predicted octanol–water partition coefficient (Wildman–Crippen LogP) is 1.89. The summed E-state index contributed by atoms with van der Waals surface area (Å²) in [6.45, 7) is 5.19. The largest absolute Gasteiger partial charge is 0.488 e. The number of hydrogen-bond acceptors (Lipinski definition) is 3. The molecule has 0 aliphatic heterocycles. The van der Waals surface area contributed by atoms with E-state index in [1.54, 1.807) is 26.8 Å². The molecule has 15 heavy (non-hydrogen) atoms. The van der Waals surface area contributed by atoms with Gasteiger partial charge in [0.2, 0.25) is 0 Å². The average Bonchev–Trinajstić information content (AvgIpc) is 2.18. The molecule has 3 heteroatoms. The molecule has 0 aliphatic carbocycles. The summed E-state index contributed by atoms with van der Waals surface area (Å²) >= 11 is 0. The fraction of sp³-hybridized carbons (Fsp3) is 0.500. The van der Waals surface area contributed by atoms with Crippen molar-refractivity contribution in [2.24, 2.45) is 0 Å². The highest BCUT2D eigenvalue weighted by Crippen LogP contribution is 2.20. The second-order valence-electron chi connectivity index (χ2n) is 3.81. The Bertz CT molecular complexity index is 307. The lowest BCUT2D eigenvalue weighted by Crippen LogP contribution is -2.25. The Morgan fingerprint density at radius 2 is 1.80 bits per heavy atom. The number of rotatable bonds is 4. The first-order chi connectivity index (χ1) is 7.00. The van der Waals surface area contributed by atoms with Crippen molar-refractivity contribution in [1.29, 1.82) is 0 Å². The highest BCUT2D eigenvalue weighted by molar-refractivity contribution is 5.29. The third-order valence-electron chi connectivity index (χ3n) is 2.34. The van der Waals surface area contributed by atoms with E-state index >= 15 is 0 Å². The minimum Gasteiger partial charge on any atom is -0.488 e. The summed E-state index contributed by atoms with van der Waals surface area (Å²) in [5, 5.41) is 18.7. The maximum absolute atomic E-state index is 9.39. The zero-order valence-corrected chi connectivity index (χ0v) is 9.34. The van der Waals surface area contributed by atoms with Crippen molar-refractivity contribution in [3.05, 3.63) is 29.8 Å². The van der Waals surface area contributed by atoms with Gasteiger partial charge in [0.05, 0.1) is 12.2 Å². The Morgan fingerprint density at radius 3 is 2.33 bits per heavy atom. The van der Waals surface area contributed by atoms with Gasteiger partial charge in [0.25, 0.3) is 0 Å². The molecule has 1 aromatic carbocycles. The van der Waals surface area contributed by atoms with E-state index in [2.05, 4.69) is 0 Å². The molecule has 0 spiro atoms. The van der Waals surface area contributed by atoms with Gasteiger partial charge in [-0.25, -0.2) is 0 Å². The molecule has 0 saturated heterocycles. The van der Waals surface area contributed by atoms with E-state index in [0.717, 1.165) is 5.56 Å². The highest BCUT2D eigenvalue weighted by atomic mass is 16.5. The zero-order chi connectivity index (χ0) is 11.4. The van der Waals surface area contributed by atoms with Crippen LogP contribution in [0, 0.1) is 0 Å². The number of hydrogen-bond donors (Lipinski definition) is 2. The van der Waals surface area contributed by atoms with E-state index in [0.29, 0.717) is 5.75 Å². The summed E-state index contributed by atoms with van der Waals surface area (Å²) in [6, 6.07) is 7.25. The third-order valence-corrected chi connectivity index (χ3v) is 2.34. The first-order valence-electron chi connectivity index (χ1n) is 5.13. The molecule has 0 heterocycles. The van der Waals surface area contributed by atoms with E-state index in [1.807, 2.05) is 18.2 Å². The van der Waals surface area contributed by atoms with Gasteiger partial charge in [-0.2, -0.15) is 0 Å². The van der Waals surface area contributed by atoms with Gasteiger partial charge < -0.3 is 14.9 Å². The summed E-state index contributed by atoms with van der Waals surface area (Å²) in [4.78, 5) is 0. The highest BCUT2D eigenvalue weighted by Gasteiger charge is 2.10. The summed E-state index contributed by atoms with van der Waals surface area (Å²) in [6.07, 6.45) is -1.27. The molecule has 3 nitrogen and oxygen atoms in total. The van der Waals surface area contributed by atoms with E-state index < -0.39 is 12.2 Å². The minimum atomic E-state index is -0.514. The summed E-state index contributed by atoms with van der Waals surface area (Å²) in [7, 11) is 0. The Hall–Kier alpha value is -1.06. The topological polar surface area (TPSA) is 49.7 Å². The van der Waals surface area contributed by atoms with Crippen LogP contribution >= 0.6 is 0 Å². The summed E-state index contributed by atoms with van der Waals surface area (Å²) in [5.41, 5.74) is 0.810. The molecule has 1 rings (SSSR count). The van der Waals surface area contributed by atoms with Crippen LogP contribution in [0.2, 0.25) is 0 Å². The molecule has 2 unspecified atom stereocenters. The van der Waals surface area contributed by atoms with Gasteiger partial charge in [-0.3, -0.25) is 0 Å². The zero-order valence-electron chi connectivity index (χ0n) is 9.34. The molecule has 3 atom stereocenters. The lowest BCUT2D eigenvalue weighted by atomic mass is 10.1. The first-order valence-corrected chi connectivity index (χ1v) is 5.13. The Morgan fingerprint density at radius 1 is 1.13 bits per heavy atom. The van der Waals surface area contributed by atoms with Crippen molar-refractivity contribution in [3.63, 3.8) is 0 Å². The van der Waals surface area contributed by atoms with Gasteiger partial charge in [-0.15, -0.1) is 0 Å². The molecule has 0 saturated carbocycles. The third kappa shape index (κ3) is 3.53. The van der Waals surface area contributed by atoms with Crippen LogP contribution in [0.5, 0.6) is 5.75 Å². The van der Waals surface area contributed by atoms with E-state index in [1.165, 1.54) is 0 Å². The number of aliphatic hydroxyl groups excluding tert-OH is 2. The molecule has 0 aromatic heterocycles. The number of aliphatic hydroxyl groups is 2. The van der Waals surface area contributed by atoms with Crippen LogP contribution in [-0.4, -0.2) is 22.4 Å². The standard InChI is InChI=1S/C12H18O3/c1-8(13)10(3)15-12-6-4-5-11(7-12)9(2)14/h4-10,13-14H,1-3H3/t8?,9-,10?/m1/s1. The lowest BCUT2D eigenvalue weighted by molar-refractivity contribution is 0.0602. The van der Waals surface area contributed by atoms with Crippen molar-refractivity contribution >= 4 is 0 Å². The van der Waals surface area contributed by atoms with Crippen molar-refractivity contribution in [3.8, 4) is 5.75 Å². The van der Waals surface area contributed by atoms with E-state index in [-0.39, 0.29) is 6.10 Å². The van der Waals surface area contributed by atoms with Gasteiger partial charge >= 0.3 is 0 Å². The Labute approximate surface area is 90.3 Å². The average molecular weight is 210 g/mol. The van der Waals surface area contributed by atoms with Crippen LogP contribution < -0.4 is 4.74 Å². The number of ether oxygens (including phenoxy) is 1. The van der Waals surface area contributed by atoms with Crippen LogP contribution in [0.25, 0.3) is 0 Å². The fourth-order valence-electron chi connectivity index (χ4n) is 1.16. The molecule has 0 fully saturated rings. The molecule has 84 valence electrons. The summed E-state index contributed by atoms with van der Waals surface area (Å²) in [5.74, 6) is 0.668. The van der Waals surface area contributed by atoms with Gasteiger partial charge in [-0.05, 0) is 38.5 Å². The Kier molecular flexibility index (Phi) is 4.12. The van der Waals surface area contributed by atoms with Crippen LogP contribution in [0.1, 0.15) is 32.4 Å². The van der Waals surface area contributed by atoms with Crippen molar-refractivity contribution in [1.82, 2.24) is 0 Å². The monoisotopic (exact) mass is 210 g/mol. The molecule has 2 N–H and O–H groups in total. The summed E-state index contributed by atoms with van der Waals surface area (Å²) < 4.78 is 5.51. The molecule has 0 aliphatic rings. The minimum absolute atomic E-state index is 0.255. The predicted molar refractivity (Wildman–Crippen MR) is 58.8 cm³/mol. The van der Waals surface area contributed by atoms with E-state index in [9.17, 15) is 10.2 Å². The molecule has 0 bridgehead atoms. The Balaban J connectivity index is 2.73. The molecular formula is C12H18O3. The van der Waals surface area contributed by atoms with E-state index in [4.69, 9.17) is 4.74 Å². The number of benzene rings is 1. The van der Waals surface area contributed by atoms with Crippen LogP contribution in [0.3, 0.4) is 0 Å². The van der Waals surface area contributed by atoms with Crippen molar-refractivity contribution in [2.75, 3.05) is 0 Å². The second kappa shape index (κ2) is 5.14. The van der Waals surface area contributed by atoms with Gasteiger partial charge in [-0.1, -0.05) is 12.1 Å². The first kappa shape index (κ1) is 12.0. The smallest absolute Gasteiger partial charge is 0.121 e. The van der Waals surface area contributed by atoms with Crippen molar-refractivity contribution in [2.45, 2.75) is 39.1 Å². The molecule has 0 amide bonds. The van der Waals surface area contributed by atoms with Gasteiger partial charge in [0.15, 0.2) is 0 Å². The van der Waals surface area contributed by atoms with Gasteiger partial charge in [0.1, 0.15) is 11.9 Å². The lowest BCUT2D eigenvalue weighted by Gasteiger charge is -2.18. The van der Waals surface area contributed by atoms with Crippen LogP contribution in [-0.2, 0) is 0 Å². The molecule has 0 radical (unpaired) electrons. The SMILES string of the molecule is CC(O)C(C)Oc1cccc([C@@H](C)O)c1. The second-order valence-corrected chi connectivity index (χ2v) is 3.81. The fourth-order valence-corrected chi connectivity index (χ4v) is 1.16. The molecular weight excluding hydrogens is 192 g/mol.